The molecule has 11 heavy (non-hydrogen) atoms. The summed E-state index contributed by atoms with van der Waals surface area (Å²) in [5.74, 6) is 4.49. The zero-order chi connectivity index (χ0) is 8.91. The van der Waals surface area contributed by atoms with Gasteiger partial charge in [0, 0.05) is 7.11 Å². The van der Waals surface area contributed by atoms with E-state index in [2.05, 4.69) is 16.6 Å². The molecule has 0 aromatic rings. The molecule has 0 bridgehead atoms. The van der Waals surface area contributed by atoms with Gasteiger partial charge in [-0.1, -0.05) is 5.92 Å². The average Bonchev–Trinajstić information content (AvgIpc) is 1.84. The molecule has 0 aliphatic heterocycles. The Hall–Kier alpha value is -0.570. The molecular formula is C6H10O4S. The van der Waals surface area contributed by atoms with E-state index in [9.17, 15) is 8.42 Å². The van der Waals surface area contributed by atoms with Crippen LogP contribution in [-0.4, -0.2) is 31.9 Å². The Morgan fingerprint density at radius 1 is 1.64 bits per heavy atom. The van der Waals surface area contributed by atoms with Gasteiger partial charge in [-0.3, -0.25) is 4.55 Å². The van der Waals surface area contributed by atoms with Crippen LogP contribution in [0.4, 0.5) is 0 Å². The van der Waals surface area contributed by atoms with Crippen LogP contribution in [0.1, 0.15) is 6.92 Å². The molecule has 1 atom stereocenters. The molecule has 5 heteroatoms. The molecule has 0 heterocycles. The van der Waals surface area contributed by atoms with Crippen molar-refractivity contribution in [3.63, 3.8) is 0 Å². The Bertz CT molecular complexity index is 256. The van der Waals surface area contributed by atoms with E-state index < -0.39 is 22.0 Å². The minimum Gasteiger partial charge on any atom is -0.368 e. The number of ether oxygens (including phenoxy) is 1. The number of methoxy groups -OCH3 is 1. The molecule has 4 nitrogen and oxygen atoms in total. The monoisotopic (exact) mass is 178 g/mol. The quantitative estimate of drug-likeness (QED) is 0.484. The smallest absolute Gasteiger partial charge is 0.268 e. The zero-order valence-corrected chi connectivity index (χ0v) is 7.18. The van der Waals surface area contributed by atoms with Gasteiger partial charge >= 0.3 is 0 Å². The van der Waals surface area contributed by atoms with E-state index in [-0.39, 0.29) is 0 Å². The molecule has 1 N–H and O–H groups in total. The van der Waals surface area contributed by atoms with Crippen LogP contribution < -0.4 is 0 Å². The molecule has 0 aliphatic carbocycles. The number of hydrogen-bond donors (Lipinski definition) is 1. The topological polar surface area (TPSA) is 63.6 Å². The van der Waals surface area contributed by atoms with Gasteiger partial charge < -0.3 is 4.74 Å². The highest BCUT2D eigenvalue weighted by Crippen LogP contribution is 1.93. The zero-order valence-electron chi connectivity index (χ0n) is 6.36. The third kappa shape index (κ3) is 5.85. The summed E-state index contributed by atoms with van der Waals surface area (Å²) in [7, 11) is -2.65. The summed E-state index contributed by atoms with van der Waals surface area (Å²) in [6, 6.07) is 0. The van der Waals surface area contributed by atoms with Crippen molar-refractivity contribution in [3.8, 4) is 11.8 Å². The van der Waals surface area contributed by atoms with Crippen molar-refractivity contribution in [2.45, 2.75) is 13.0 Å². The Morgan fingerprint density at radius 2 is 2.18 bits per heavy atom. The van der Waals surface area contributed by atoms with Crippen LogP contribution in [0.3, 0.4) is 0 Å². The third-order valence-corrected chi connectivity index (χ3v) is 1.68. The van der Waals surface area contributed by atoms with Crippen molar-refractivity contribution < 1.29 is 17.7 Å². The first kappa shape index (κ1) is 10.4. The lowest BCUT2D eigenvalue weighted by molar-refractivity contribution is 0.164. The molecule has 0 saturated carbocycles. The van der Waals surface area contributed by atoms with E-state index in [1.807, 2.05) is 0 Å². The molecule has 0 rings (SSSR count). The first-order valence-electron chi connectivity index (χ1n) is 2.90. The maximum Gasteiger partial charge on any atom is 0.268 e. The molecule has 64 valence electrons. The van der Waals surface area contributed by atoms with Crippen molar-refractivity contribution in [2.24, 2.45) is 0 Å². The predicted molar refractivity (Wildman–Crippen MR) is 40.7 cm³/mol. The lowest BCUT2D eigenvalue weighted by Gasteiger charge is -2.04. The van der Waals surface area contributed by atoms with Gasteiger partial charge in [-0.05, 0) is 6.92 Å². The van der Waals surface area contributed by atoms with Crippen molar-refractivity contribution in [1.29, 1.82) is 0 Å². The second-order valence-corrected chi connectivity index (χ2v) is 3.36. The fraction of sp³-hybridized carbons (Fsp3) is 0.667. The van der Waals surface area contributed by atoms with E-state index in [1.54, 1.807) is 6.92 Å². The van der Waals surface area contributed by atoms with Crippen molar-refractivity contribution in [2.75, 3.05) is 12.9 Å². The third-order valence-electron chi connectivity index (χ3n) is 0.952. The highest BCUT2D eigenvalue weighted by molar-refractivity contribution is 7.85. The van der Waals surface area contributed by atoms with Crippen molar-refractivity contribution in [1.82, 2.24) is 0 Å². The summed E-state index contributed by atoms with van der Waals surface area (Å²) in [5, 5.41) is 0. The molecule has 0 fully saturated rings. The molecule has 0 aromatic carbocycles. The Morgan fingerprint density at radius 3 is 2.45 bits per heavy atom. The Labute approximate surface area is 66.3 Å². The average molecular weight is 178 g/mol. The van der Waals surface area contributed by atoms with Crippen LogP contribution in [0.15, 0.2) is 0 Å². The van der Waals surface area contributed by atoms with Gasteiger partial charge in [0.05, 0.1) is 0 Å². The highest BCUT2D eigenvalue weighted by Gasteiger charge is 2.12. The van der Waals surface area contributed by atoms with E-state index in [4.69, 9.17) is 4.55 Å². The Kier molecular flexibility index (Phi) is 4.11. The summed E-state index contributed by atoms with van der Waals surface area (Å²) in [4.78, 5) is 0. The van der Waals surface area contributed by atoms with Gasteiger partial charge in [0.15, 0.2) is 0 Å². The molecule has 0 saturated heterocycles. The van der Waals surface area contributed by atoms with Crippen LogP contribution in [0.2, 0.25) is 0 Å². The maximum atomic E-state index is 10.3. The summed E-state index contributed by atoms with van der Waals surface area (Å²) in [6.07, 6.45) is -0.741. The van der Waals surface area contributed by atoms with Gasteiger partial charge in [0.2, 0.25) is 0 Å². The minimum absolute atomic E-state index is 0.482. The van der Waals surface area contributed by atoms with Crippen molar-refractivity contribution >= 4 is 10.1 Å². The first-order valence-corrected chi connectivity index (χ1v) is 4.50. The summed E-state index contributed by atoms with van der Waals surface area (Å²) in [5.41, 5.74) is 0. The molecule has 0 amide bonds. The Balaban J connectivity index is 4.18. The first-order chi connectivity index (χ1) is 4.99. The van der Waals surface area contributed by atoms with Crippen LogP contribution in [-0.2, 0) is 14.9 Å². The summed E-state index contributed by atoms with van der Waals surface area (Å²) in [6.45, 7) is 1.57. The number of hydrogen-bond acceptors (Lipinski definition) is 3. The van der Waals surface area contributed by atoms with E-state index in [0.29, 0.717) is 0 Å². The predicted octanol–water partition coefficient (Wildman–Crippen LogP) is -0.0875. The molecule has 0 radical (unpaired) electrons. The maximum absolute atomic E-state index is 10.3. The van der Waals surface area contributed by atoms with Gasteiger partial charge in [0.25, 0.3) is 10.1 Å². The second-order valence-electron chi connectivity index (χ2n) is 1.87. The second kappa shape index (κ2) is 4.34. The molecule has 0 spiro atoms. The summed E-state index contributed by atoms with van der Waals surface area (Å²) < 4.78 is 33.6. The van der Waals surface area contributed by atoms with Crippen LogP contribution in [0, 0.1) is 11.8 Å². The molecular weight excluding hydrogens is 168 g/mol. The van der Waals surface area contributed by atoms with E-state index in [0.717, 1.165) is 0 Å². The van der Waals surface area contributed by atoms with Crippen LogP contribution in [0.5, 0.6) is 0 Å². The van der Waals surface area contributed by atoms with E-state index >= 15 is 0 Å². The fourth-order valence-corrected chi connectivity index (χ4v) is 1.12. The molecule has 0 aliphatic rings. The lowest BCUT2D eigenvalue weighted by Crippen LogP contribution is -2.20. The largest absolute Gasteiger partial charge is 0.368 e. The highest BCUT2D eigenvalue weighted by atomic mass is 32.2. The van der Waals surface area contributed by atoms with Crippen molar-refractivity contribution in [3.05, 3.63) is 0 Å². The summed E-state index contributed by atoms with van der Waals surface area (Å²) >= 11 is 0. The van der Waals surface area contributed by atoms with Gasteiger partial charge in [-0.2, -0.15) is 8.42 Å². The van der Waals surface area contributed by atoms with E-state index in [1.165, 1.54) is 7.11 Å². The normalized spacial score (nSPS) is 13.4. The van der Waals surface area contributed by atoms with Gasteiger partial charge in [0.1, 0.15) is 11.9 Å². The number of rotatable bonds is 3. The van der Waals surface area contributed by atoms with Gasteiger partial charge in [-0.25, -0.2) is 0 Å². The SMILES string of the molecule is CC#CC(CS(=O)(=O)O)OC. The minimum atomic E-state index is -3.99. The molecule has 0 aromatic heterocycles. The molecule has 1 unspecified atom stereocenters. The lowest BCUT2D eigenvalue weighted by atomic mass is 10.4. The van der Waals surface area contributed by atoms with Gasteiger partial charge in [-0.15, -0.1) is 5.92 Å². The van der Waals surface area contributed by atoms with Crippen LogP contribution >= 0.6 is 0 Å². The standard InChI is InChI=1S/C6H10O4S/c1-3-4-6(10-2)5-11(7,8)9/h6H,5H2,1-2H3,(H,7,8,9). The van der Waals surface area contributed by atoms with Crippen LogP contribution in [0.25, 0.3) is 0 Å². The fourth-order valence-electron chi connectivity index (χ4n) is 0.521.